The van der Waals surface area contributed by atoms with Gasteiger partial charge in [0.1, 0.15) is 17.9 Å². The summed E-state index contributed by atoms with van der Waals surface area (Å²) in [4.78, 5) is 8.81. The van der Waals surface area contributed by atoms with Crippen LogP contribution in [0, 0.1) is 0 Å². The third-order valence-electron chi connectivity index (χ3n) is 4.14. The molecule has 0 radical (unpaired) electrons. The third kappa shape index (κ3) is 4.00. The van der Waals surface area contributed by atoms with Crippen LogP contribution in [-0.4, -0.2) is 52.5 Å². The van der Waals surface area contributed by atoms with Crippen LogP contribution in [0.4, 0.5) is 14.5 Å². The molecule has 1 saturated heterocycles. The largest absolute Gasteiger partial charge is 0.435 e. The molecule has 24 heavy (non-hydrogen) atoms. The number of hydrogen-bond acceptors (Lipinski definition) is 5. The quantitative estimate of drug-likeness (QED) is 0.809. The zero-order valence-corrected chi connectivity index (χ0v) is 13.6. The Morgan fingerprint density at radius 1 is 1.21 bits per heavy atom. The molecule has 1 fully saturated rings. The number of aromatic nitrogens is 3. The Hall–Kier alpha value is -2.22. The van der Waals surface area contributed by atoms with E-state index in [1.165, 1.54) is 0 Å². The van der Waals surface area contributed by atoms with E-state index in [0.29, 0.717) is 0 Å². The fraction of sp³-hybridized carbons (Fsp3) is 0.500. The minimum Gasteiger partial charge on any atom is -0.435 e. The molecule has 6 nitrogen and oxygen atoms in total. The molecule has 0 N–H and O–H groups in total. The van der Waals surface area contributed by atoms with E-state index >= 15 is 0 Å². The Labute approximate surface area is 139 Å². The maximum Gasteiger partial charge on any atom is 0.387 e. The first-order chi connectivity index (χ1) is 11.7. The normalized spacial score (nSPS) is 15.9. The highest BCUT2D eigenvalue weighted by atomic mass is 19.3. The highest BCUT2D eigenvalue weighted by Crippen LogP contribution is 2.23. The number of rotatable bonds is 6. The van der Waals surface area contributed by atoms with Crippen LogP contribution < -0.4 is 9.64 Å². The zero-order chi connectivity index (χ0) is 16.9. The average Bonchev–Trinajstić information content (AvgIpc) is 3.02. The Morgan fingerprint density at radius 3 is 2.71 bits per heavy atom. The topological polar surface area (TPSA) is 46.4 Å². The van der Waals surface area contributed by atoms with E-state index < -0.39 is 6.61 Å². The molecule has 1 aliphatic heterocycles. The molecular formula is C16H21F2N5O. The van der Waals surface area contributed by atoms with Crippen molar-refractivity contribution in [3.8, 4) is 5.75 Å². The molecule has 1 aliphatic rings. The van der Waals surface area contributed by atoms with Crippen molar-refractivity contribution in [3.05, 3.63) is 36.4 Å². The second-order valence-electron chi connectivity index (χ2n) is 5.63. The van der Waals surface area contributed by atoms with Gasteiger partial charge >= 0.3 is 6.61 Å². The Morgan fingerprint density at radius 2 is 2.00 bits per heavy atom. The van der Waals surface area contributed by atoms with Gasteiger partial charge < -0.3 is 9.64 Å². The molecule has 2 aromatic rings. The standard InChI is InChI=1S/C16H21F2N5O/c1-2-23-15(19-12-20-23)11-21-6-8-22(9-7-21)13-4-3-5-14(10-13)24-16(17)18/h3-5,10,12,16H,2,6-9,11H2,1H3. The molecule has 1 aromatic heterocycles. The monoisotopic (exact) mass is 337 g/mol. The SMILES string of the molecule is CCn1ncnc1CN1CCN(c2cccc(OC(F)F)c2)CC1. The number of anilines is 1. The molecule has 0 unspecified atom stereocenters. The molecular weight excluding hydrogens is 316 g/mol. The van der Waals surface area contributed by atoms with Gasteiger partial charge in [-0.3, -0.25) is 4.90 Å². The van der Waals surface area contributed by atoms with Gasteiger partial charge in [0, 0.05) is 44.5 Å². The van der Waals surface area contributed by atoms with Crippen LogP contribution in [0.15, 0.2) is 30.6 Å². The van der Waals surface area contributed by atoms with Crippen LogP contribution in [0.25, 0.3) is 0 Å². The fourth-order valence-corrected chi connectivity index (χ4v) is 2.90. The first kappa shape index (κ1) is 16.6. The fourth-order valence-electron chi connectivity index (χ4n) is 2.90. The van der Waals surface area contributed by atoms with E-state index in [1.54, 1.807) is 24.5 Å². The van der Waals surface area contributed by atoms with Gasteiger partial charge in [-0.15, -0.1) is 0 Å². The van der Waals surface area contributed by atoms with Crippen LogP contribution in [0.2, 0.25) is 0 Å². The van der Waals surface area contributed by atoms with Crippen molar-refractivity contribution < 1.29 is 13.5 Å². The van der Waals surface area contributed by atoms with Crippen LogP contribution in [0.5, 0.6) is 5.75 Å². The molecule has 3 rings (SSSR count). The molecule has 0 amide bonds. The number of ether oxygens (including phenoxy) is 1. The van der Waals surface area contributed by atoms with E-state index in [9.17, 15) is 8.78 Å². The van der Waals surface area contributed by atoms with Crippen molar-refractivity contribution in [2.45, 2.75) is 26.6 Å². The van der Waals surface area contributed by atoms with Crippen molar-refractivity contribution in [3.63, 3.8) is 0 Å². The first-order valence-corrected chi connectivity index (χ1v) is 8.04. The van der Waals surface area contributed by atoms with Gasteiger partial charge in [0.2, 0.25) is 0 Å². The van der Waals surface area contributed by atoms with Gasteiger partial charge in [0.05, 0.1) is 6.54 Å². The van der Waals surface area contributed by atoms with Crippen molar-refractivity contribution in [2.24, 2.45) is 0 Å². The predicted octanol–water partition coefficient (Wildman–Crippen LogP) is 2.22. The summed E-state index contributed by atoms with van der Waals surface area (Å²) in [6.45, 7) is 4.27. The Balaban J connectivity index is 1.57. The number of hydrogen-bond donors (Lipinski definition) is 0. The van der Waals surface area contributed by atoms with Crippen molar-refractivity contribution >= 4 is 5.69 Å². The van der Waals surface area contributed by atoms with Crippen molar-refractivity contribution in [2.75, 3.05) is 31.1 Å². The summed E-state index contributed by atoms with van der Waals surface area (Å²) < 4.78 is 31.0. The van der Waals surface area contributed by atoms with E-state index in [0.717, 1.165) is 50.8 Å². The Bertz CT molecular complexity index is 655. The predicted molar refractivity (Wildman–Crippen MR) is 86.3 cm³/mol. The van der Waals surface area contributed by atoms with Crippen LogP contribution in [0.3, 0.4) is 0 Å². The highest BCUT2D eigenvalue weighted by molar-refractivity contribution is 5.51. The first-order valence-electron chi connectivity index (χ1n) is 8.04. The lowest BCUT2D eigenvalue weighted by Crippen LogP contribution is -2.46. The number of piperazine rings is 1. The van der Waals surface area contributed by atoms with E-state index in [2.05, 4.69) is 24.6 Å². The summed E-state index contributed by atoms with van der Waals surface area (Å²) in [5.74, 6) is 1.17. The van der Waals surface area contributed by atoms with E-state index in [-0.39, 0.29) is 5.75 Å². The second-order valence-corrected chi connectivity index (χ2v) is 5.63. The van der Waals surface area contributed by atoms with Crippen LogP contribution in [0.1, 0.15) is 12.7 Å². The summed E-state index contributed by atoms with van der Waals surface area (Å²) >= 11 is 0. The summed E-state index contributed by atoms with van der Waals surface area (Å²) in [7, 11) is 0. The number of alkyl halides is 2. The molecule has 130 valence electrons. The van der Waals surface area contributed by atoms with Gasteiger partial charge in [0.15, 0.2) is 0 Å². The molecule has 0 bridgehead atoms. The van der Waals surface area contributed by atoms with Gasteiger partial charge in [-0.25, -0.2) is 9.67 Å². The molecule has 0 aliphatic carbocycles. The molecule has 2 heterocycles. The zero-order valence-electron chi connectivity index (χ0n) is 13.6. The van der Waals surface area contributed by atoms with Gasteiger partial charge in [-0.2, -0.15) is 13.9 Å². The molecule has 0 spiro atoms. The minimum absolute atomic E-state index is 0.195. The van der Waals surface area contributed by atoms with Crippen molar-refractivity contribution in [1.29, 1.82) is 0 Å². The number of nitrogens with zero attached hydrogens (tertiary/aromatic N) is 5. The minimum atomic E-state index is -2.80. The van der Waals surface area contributed by atoms with Crippen molar-refractivity contribution in [1.82, 2.24) is 19.7 Å². The van der Waals surface area contributed by atoms with Gasteiger partial charge in [-0.05, 0) is 19.1 Å². The van der Waals surface area contributed by atoms with E-state index in [1.807, 2.05) is 17.7 Å². The maximum atomic E-state index is 12.3. The van der Waals surface area contributed by atoms with Crippen LogP contribution >= 0.6 is 0 Å². The number of aryl methyl sites for hydroxylation is 1. The lowest BCUT2D eigenvalue weighted by atomic mass is 10.2. The highest BCUT2D eigenvalue weighted by Gasteiger charge is 2.19. The summed E-state index contributed by atoms with van der Waals surface area (Å²) in [6, 6.07) is 6.86. The molecule has 0 saturated carbocycles. The Kier molecular flexibility index (Phi) is 5.24. The summed E-state index contributed by atoms with van der Waals surface area (Å²) in [5, 5.41) is 4.19. The summed E-state index contributed by atoms with van der Waals surface area (Å²) in [6.07, 6.45) is 1.59. The second kappa shape index (κ2) is 7.57. The van der Waals surface area contributed by atoms with Crippen LogP contribution in [-0.2, 0) is 13.1 Å². The number of benzene rings is 1. The number of halogens is 2. The van der Waals surface area contributed by atoms with E-state index in [4.69, 9.17) is 0 Å². The smallest absolute Gasteiger partial charge is 0.387 e. The molecule has 1 aromatic carbocycles. The lowest BCUT2D eigenvalue weighted by Gasteiger charge is -2.36. The average molecular weight is 337 g/mol. The van der Waals surface area contributed by atoms with Gasteiger partial charge in [-0.1, -0.05) is 6.07 Å². The molecule has 0 atom stereocenters. The summed E-state index contributed by atoms with van der Waals surface area (Å²) in [5.41, 5.74) is 0.907. The lowest BCUT2D eigenvalue weighted by molar-refractivity contribution is -0.0498. The third-order valence-corrected chi connectivity index (χ3v) is 4.14. The van der Waals surface area contributed by atoms with Gasteiger partial charge in [0.25, 0.3) is 0 Å². The maximum absolute atomic E-state index is 12.3. The molecule has 8 heteroatoms.